The fourth-order valence-corrected chi connectivity index (χ4v) is 3.86. The number of rotatable bonds is 4. The molecule has 5 aromatic rings. The van der Waals surface area contributed by atoms with Crippen LogP contribution >= 0.6 is 0 Å². The maximum absolute atomic E-state index is 7.36. The largest absolute Gasteiger partial charge is 0.277 e. The zero-order chi connectivity index (χ0) is 21.9. The van der Waals surface area contributed by atoms with Crippen molar-refractivity contribution in [2.45, 2.75) is 6.92 Å². The summed E-state index contributed by atoms with van der Waals surface area (Å²) in [5.41, 5.74) is 7.63. The molecule has 0 N–H and O–H groups in total. The second kappa shape index (κ2) is 9.70. The van der Waals surface area contributed by atoms with Crippen LogP contribution in [0.15, 0.2) is 97.3 Å². The minimum absolute atomic E-state index is 0. The van der Waals surface area contributed by atoms with Gasteiger partial charge >= 0.3 is 0 Å². The molecule has 4 aromatic carbocycles. The summed E-state index contributed by atoms with van der Waals surface area (Å²) in [6.45, 7) is 9.47. The average molecular weight is 606 g/mol. The van der Waals surface area contributed by atoms with Gasteiger partial charge in [0.2, 0.25) is 0 Å². The van der Waals surface area contributed by atoms with Gasteiger partial charge in [-0.05, 0) is 40.5 Å². The van der Waals surface area contributed by atoms with Crippen LogP contribution in [0.1, 0.15) is 5.56 Å². The van der Waals surface area contributed by atoms with Gasteiger partial charge in [0.25, 0.3) is 6.33 Å². The maximum Gasteiger partial charge on any atom is 0.277 e. The summed E-state index contributed by atoms with van der Waals surface area (Å²) in [5.74, 6) is 0. The molecule has 5 nitrogen and oxygen atoms in total. The molecule has 0 aliphatic rings. The Hall–Kier alpha value is -3.91. The molecule has 0 fully saturated rings. The average Bonchev–Trinajstić information content (AvgIpc) is 3.34. The third kappa shape index (κ3) is 4.38. The van der Waals surface area contributed by atoms with Gasteiger partial charge in [0.1, 0.15) is 5.69 Å². The second-order valence-corrected chi connectivity index (χ2v) is 7.44. The fourth-order valence-electron chi connectivity index (χ4n) is 3.86. The van der Waals surface area contributed by atoms with Gasteiger partial charge < -0.3 is 0 Å². The van der Waals surface area contributed by atoms with Crippen LogP contribution < -0.4 is 4.80 Å². The van der Waals surface area contributed by atoms with E-state index in [-0.39, 0.29) is 20.1 Å². The first-order valence-corrected chi connectivity index (χ1v) is 10.2. The summed E-state index contributed by atoms with van der Waals surface area (Å²) in [6, 6.07) is 33.4. The van der Waals surface area contributed by atoms with E-state index in [1.165, 1.54) is 0 Å². The molecule has 1 heterocycles. The minimum Gasteiger partial charge on any atom is -0.265 e. The van der Waals surface area contributed by atoms with Gasteiger partial charge in [-0.15, -0.1) is 16.8 Å². The summed E-state index contributed by atoms with van der Waals surface area (Å²) in [6.07, 6.45) is 1.70. The first-order valence-electron chi connectivity index (χ1n) is 10.2. The Morgan fingerprint density at radius 1 is 0.879 bits per heavy atom. The van der Waals surface area contributed by atoms with Crippen molar-refractivity contribution in [3.63, 3.8) is 0 Å². The zero-order valence-corrected chi connectivity index (χ0v) is 20.2. The van der Waals surface area contributed by atoms with E-state index in [1.807, 2.05) is 41.1 Å². The molecule has 161 valence electrons. The molecule has 0 saturated carbocycles. The van der Waals surface area contributed by atoms with Gasteiger partial charge in [-0.2, -0.15) is 12.1 Å². The number of hydrogen-bond acceptors (Lipinski definition) is 2. The van der Waals surface area contributed by atoms with Crippen molar-refractivity contribution in [3.05, 3.63) is 120 Å². The van der Waals surface area contributed by atoms with Gasteiger partial charge in [-0.1, -0.05) is 60.7 Å². The van der Waals surface area contributed by atoms with Gasteiger partial charge in [0, 0.05) is 31.2 Å². The zero-order valence-electron chi connectivity index (χ0n) is 17.8. The molecule has 0 aliphatic heterocycles. The second-order valence-electron chi connectivity index (χ2n) is 7.44. The van der Waals surface area contributed by atoms with Gasteiger partial charge in [-0.25, -0.2) is 0 Å². The molecule has 0 amide bonds. The standard InChI is InChI=1S/C27H19N5.Ir/c1-20-16-25(21-10-5-3-6-11-21)27(26(17-20)22-12-7-4-8-13-22)31-19-29-30-32(31)24-15-9-14-23(18-24)28-2;/h3-14,16-19H,1H3;. The van der Waals surface area contributed by atoms with Crippen molar-refractivity contribution in [2.24, 2.45) is 0 Å². The SMILES string of the molecule is [C-]#[N+]c1cc[c-]c(-[n+]2nncn2-c2c(-c3ccccc3)cc(C)cc2-c2ccccc2)c1.[Ir]. The number of nitrogens with zero attached hydrogens (tertiary/aromatic N) is 5. The molecular weight excluding hydrogens is 587 g/mol. The molecule has 0 unspecified atom stereocenters. The Bertz CT molecular complexity index is 1380. The van der Waals surface area contributed by atoms with E-state index in [1.54, 1.807) is 29.3 Å². The van der Waals surface area contributed by atoms with Crippen molar-refractivity contribution in [1.29, 1.82) is 0 Å². The van der Waals surface area contributed by atoms with Crippen molar-refractivity contribution in [3.8, 4) is 33.6 Å². The molecule has 0 atom stereocenters. The first-order chi connectivity index (χ1) is 15.7. The molecule has 0 saturated heterocycles. The quantitative estimate of drug-likeness (QED) is 0.200. The normalized spacial score (nSPS) is 10.3. The minimum atomic E-state index is 0. The third-order valence-electron chi connectivity index (χ3n) is 5.27. The molecule has 0 spiro atoms. The number of benzene rings is 4. The summed E-state index contributed by atoms with van der Waals surface area (Å²) >= 11 is 0. The van der Waals surface area contributed by atoms with Crippen LogP contribution in [0.5, 0.6) is 0 Å². The van der Waals surface area contributed by atoms with Crippen LogP contribution in [-0.4, -0.2) is 15.0 Å². The topological polar surface area (TPSA) is 39.0 Å². The van der Waals surface area contributed by atoms with E-state index in [9.17, 15) is 0 Å². The molecule has 0 bridgehead atoms. The molecule has 1 radical (unpaired) electrons. The Morgan fingerprint density at radius 3 is 2.06 bits per heavy atom. The fraction of sp³-hybridized carbons (Fsp3) is 0.0370. The molecule has 6 heteroatoms. The molecule has 0 aliphatic carbocycles. The van der Waals surface area contributed by atoms with Crippen molar-refractivity contribution >= 4 is 5.69 Å². The number of tetrazole rings is 1. The Morgan fingerprint density at radius 2 is 1.48 bits per heavy atom. The van der Waals surface area contributed by atoms with Crippen LogP contribution in [-0.2, 0) is 20.1 Å². The van der Waals surface area contributed by atoms with E-state index in [0.717, 1.165) is 33.5 Å². The van der Waals surface area contributed by atoms with E-state index >= 15 is 0 Å². The van der Waals surface area contributed by atoms with E-state index < -0.39 is 0 Å². The Labute approximate surface area is 206 Å². The summed E-state index contributed by atoms with van der Waals surface area (Å²) in [4.78, 5) is 5.22. The van der Waals surface area contributed by atoms with Crippen molar-refractivity contribution in [1.82, 2.24) is 15.0 Å². The van der Waals surface area contributed by atoms with Crippen LogP contribution in [0.3, 0.4) is 0 Å². The van der Waals surface area contributed by atoms with Crippen LogP contribution in [0, 0.1) is 19.6 Å². The Kier molecular flexibility index (Phi) is 6.55. The van der Waals surface area contributed by atoms with Crippen molar-refractivity contribution < 1.29 is 24.9 Å². The molecule has 33 heavy (non-hydrogen) atoms. The van der Waals surface area contributed by atoms with E-state index in [4.69, 9.17) is 6.57 Å². The smallest absolute Gasteiger partial charge is 0.265 e. The van der Waals surface area contributed by atoms with Gasteiger partial charge in [0.15, 0.2) is 5.21 Å². The van der Waals surface area contributed by atoms with Crippen LogP contribution in [0.4, 0.5) is 5.69 Å². The summed E-state index contributed by atoms with van der Waals surface area (Å²) < 4.78 is 1.92. The maximum atomic E-state index is 7.36. The predicted molar refractivity (Wildman–Crippen MR) is 124 cm³/mol. The molecule has 5 rings (SSSR count). The van der Waals surface area contributed by atoms with Crippen molar-refractivity contribution in [2.75, 3.05) is 0 Å². The van der Waals surface area contributed by atoms with Gasteiger partial charge in [0.05, 0.1) is 23.0 Å². The van der Waals surface area contributed by atoms with Crippen LogP contribution in [0.25, 0.3) is 38.5 Å². The summed E-state index contributed by atoms with van der Waals surface area (Å²) in [5, 5.41) is 8.53. The third-order valence-corrected chi connectivity index (χ3v) is 5.27. The number of hydrogen-bond donors (Lipinski definition) is 0. The number of aromatic nitrogens is 4. The van der Waals surface area contributed by atoms with Gasteiger partial charge in [-0.3, -0.25) is 4.85 Å². The first kappa shape index (κ1) is 22.3. The Balaban J connectivity index is 0.00000259. The van der Waals surface area contributed by atoms with E-state index in [0.29, 0.717) is 11.4 Å². The predicted octanol–water partition coefficient (Wildman–Crippen LogP) is 5.53. The molecule has 1 aromatic heterocycles. The monoisotopic (exact) mass is 606 g/mol. The van der Waals surface area contributed by atoms with E-state index in [2.05, 4.69) is 64.5 Å². The molecular formula is C27H19IrN5. The van der Waals surface area contributed by atoms with Crippen LogP contribution in [0.2, 0.25) is 0 Å². The summed E-state index contributed by atoms with van der Waals surface area (Å²) in [7, 11) is 0. The number of aryl methyl sites for hydroxylation is 1.